The normalized spacial score (nSPS) is 10.7. The molecule has 0 spiro atoms. The van der Waals surface area contributed by atoms with E-state index in [-0.39, 0.29) is 0 Å². The third kappa shape index (κ3) is 2.05. The van der Waals surface area contributed by atoms with Crippen molar-refractivity contribution < 1.29 is 5.21 Å². The van der Waals surface area contributed by atoms with Gasteiger partial charge in [-0.2, -0.15) is 0 Å². The maximum atomic E-state index is 8.24. The SMILES string of the molecule is Cc1cc(/C=N\O)ccc1Br. The van der Waals surface area contributed by atoms with Crippen LogP contribution in [0.5, 0.6) is 0 Å². The van der Waals surface area contributed by atoms with Gasteiger partial charge < -0.3 is 5.21 Å². The fourth-order valence-electron chi connectivity index (χ4n) is 0.815. The molecule has 0 heterocycles. The summed E-state index contributed by atoms with van der Waals surface area (Å²) in [7, 11) is 0. The molecule has 1 rings (SSSR count). The van der Waals surface area contributed by atoms with Gasteiger partial charge in [-0.05, 0) is 30.2 Å². The lowest BCUT2D eigenvalue weighted by Gasteiger charge is -1.97. The van der Waals surface area contributed by atoms with Crippen LogP contribution in [0.4, 0.5) is 0 Å². The summed E-state index contributed by atoms with van der Waals surface area (Å²) in [5.41, 5.74) is 2.02. The first-order valence-electron chi connectivity index (χ1n) is 3.17. The Morgan fingerprint density at radius 3 is 2.82 bits per heavy atom. The van der Waals surface area contributed by atoms with Crippen molar-refractivity contribution >= 4 is 22.1 Å². The molecule has 58 valence electrons. The zero-order valence-corrected chi connectivity index (χ0v) is 7.67. The standard InChI is InChI=1S/C8H8BrNO/c1-6-4-7(5-10-11)2-3-8(6)9/h2-5,11H,1H3/b10-5-. The second-order valence-electron chi connectivity index (χ2n) is 2.25. The number of nitrogens with zero attached hydrogens (tertiary/aromatic N) is 1. The van der Waals surface area contributed by atoms with Crippen LogP contribution in [0.15, 0.2) is 27.8 Å². The average Bonchev–Trinajstić information content (AvgIpc) is 1.98. The van der Waals surface area contributed by atoms with Crippen molar-refractivity contribution in [3.63, 3.8) is 0 Å². The monoisotopic (exact) mass is 213 g/mol. The van der Waals surface area contributed by atoms with Crippen LogP contribution in [0.3, 0.4) is 0 Å². The lowest BCUT2D eigenvalue weighted by molar-refractivity contribution is 0.322. The van der Waals surface area contributed by atoms with Crippen LogP contribution >= 0.6 is 15.9 Å². The number of hydrogen-bond donors (Lipinski definition) is 1. The number of halogens is 1. The molecule has 11 heavy (non-hydrogen) atoms. The smallest absolute Gasteiger partial charge is 0.0733 e. The number of hydrogen-bond acceptors (Lipinski definition) is 2. The van der Waals surface area contributed by atoms with Crippen molar-refractivity contribution in [2.24, 2.45) is 5.16 Å². The van der Waals surface area contributed by atoms with E-state index in [1.54, 1.807) is 0 Å². The van der Waals surface area contributed by atoms with E-state index in [1.807, 2.05) is 25.1 Å². The highest BCUT2D eigenvalue weighted by Crippen LogP contribution is 2.15. The summed E-state index contributed by atoms with van der Waals surface area (Å²) in [5.74, 6) is 0. The molecule has 0 aliphatic carbocycles. The Morgan fingerprint density at radius 1 is 1.55 bits per heavy atom. The summed E-state index contributed by atoms with van der Waals surface area (Å²) in [6.45, 7) is 1.98. The van der Waals surface area contributed by atoms with Crippen molar-refractivity contribution in [2.75, 3.05) is 0 Å². The third-order valence-electron chi connectivity index (χ3n) is 1.39. The van der Waals surface area contributed by atoms with E-state index in [0.717, 1.165) is 15.6 Å². The van der Waals surface area contributed by atoms with E-state index in [9.17, 15) is 0 Å². The molecule has 0 atom stereocenters. The Bertz CT molecular complexity index is 283. The van der Waals surface area contributed by atoms with Crippen molar-refractivity contribution in [1.29, 1.82) is 0 Å². The molecule has 0 aliphatic heterocycles. The van der Waals surface area contributed by atoms with E-state index >= 15 is 0 Å². The second-order valence-corrected chi connectivity index (χ2v) is 3.11. The van der Waals surface area contributed by atoms with Gasteiger partial charge in [0.15, 0.2) is 0 Å². The molecule has 0 bridgehead atoms. The Hall–Kier alpha value is -0.830. The molecule has 0 unspecified atom stereocenters. The van der Waals surface area contributed by atoms with Crippen LogP contribution in [0.2, 0.25) is 0 Å². The Labute approximate surface area is 73.7 Å². The van der Waals surface area contributed by atoms with E-state index in [0.29, 0.717) is 0 Å². The van der Waals surface area contributed by atoms with E-state index in [2.05, 4.69) is 21.1 Å². The second kappa shape index (κ2) is 3.53. The number of oxime groups is 1. The molecule has 1 aromatic carbocycles. The molecular weight excluding hydrogens is 206 g/mol. The van der Waals surface area contributed by atoms with Crippen LogP contribution in [0.1, 0.15) is 11.1 Å². The highest BCUT2D eigenvalue weighted by molar-refractivity contribution is 9.10. The van der Waals surface area contributed by atoms with E-state index in [4.69, 9.17) is 5.21 Å². The quantitative estimate of drug-likeness (QED) is 0.435. The molecule has 0 fully saturated rings. The van der Waals surface area contributed by atoms with Crippen LogP contribution in [-0.2, 0) is 0 Å². The van der Waals surface area contributed by atoms with E-state index in [1.165, 1.54) is 6.21 Å². The Balaban J connectivity index is 3.05. The summed E-state index contributed by atoms with van der Waals surface area (Å²) in [5, 5.41) is 11.2. The van der Waals surface area contributed by atoms with Gasteiger partial charge in [0.05, 0.1) is 6.21 Å². The Morgan fingerprint density at radius 2 is 2.27 bits per heavy atom. The topological polar surface area (TPSA) is 32.6 Å². The highest BCUT2D eigenvalue weighted by atomic mass is 79.9. The summed E-state index contributed by atoms with van der Waals surface area (Å²) >= 11 is 3.37. The molecule has 0 aliphatic rings. The lowest BCUT2D eigenvalue weighted by atomic mass is 10.2. The molecule has 0 saturated heterocycles. The average molecular weight is 214 g/mol. The minimum absolute atomic E-state index is 0.896. The van der Waals surface area contributed by atoms with Crippen LogP contribution < -0.4 is 0 Å². The van der Waals surface area contributed by atoms with Crippen molar-refractivity contribution in [3.8, 4) is 0 Å². The highest BCUT2D eigenvalue weighted by Gasteiger charge is 1.93. The van der Waals surface area contributed by atoms with Gasteiger partial charge in [0.2, 0.25) is 0 Å². The fraction of sp³-hybridized carbons (Fsp3) is 0.125. The molecule has 0 radical (unpaired) electrons. The van der Waals surface area contributed by atoms with Gasteiger partial charge in [-0.3, -0.25) is 0 Å². The largest absolute Gasteiger partial charge is 0.411 e. The minimum Gasteiger partial charge on any atom is -0.411 e. The first-order chi connectivity index (χ1) is 5.24. The van der Waals surface area contributed by atoms with Gasteiger partial charge >= 0.3 is 0 Å². The third-order valence-corrected chi connectivity index (χ3v) is 2.28. The van der Waals surface area contributed by atoms with Crippen LogP contribution in [-0.4, -0.2) is 11.4 Å². The molecular formula is C8H8BrNO. The van der Waals surface area contributed by atoms with Crippen LogP contribution in [0, 0.1) is 6.92 Å². The summed E-state index contributed by atoms with van der Waals surface area (Å²) in [6, 6.07) is 5.73. The molecule has 0 aromatic heterocycles. The lowest BCUT2D eigenvalue weighted by Crippen LogP contribution is -1.82. The first kappa shape index (κ1) is 8.27. The first-order valence-corrected chi connectivity index (χ1v) is 3.97. The molecule has 2 nitrogen and oxygen atoms in total. The number of aryl methyl sites for hydroxylation is 1. The maximum absolute atomic E-state index is 8.24. The zero-order valence-electron chi connectivity index (χ0n) is 6.08. The predicted molar refractivity (Wildman–Crippen MR) is 48.3 cm³/mol. The number of rotatable bonds is 1. The molecule has 0 amide bonds. The number of benzene rings is 1. The van der Waals surface area contributed by atoms with Gasteiger partial charge in [0.25, 0.3) is 0 Å². The molecule has 3 heteroatoms. The summed E-state index contributed by atoms with van der Waals surface area (Å²) in [6.07, 6.45) is 1.40. The van der Waals surface area contributed by atoms with Gasteiger partial charge in [-0.25, -0.2) is 0 Å². The fourth-order valence-corrected chi connectivity index (χ4v) is 1.06. The Kier molecular flexibility index (Phi) is 2.65. The zero-order chi connectivity index (χ0) is 8.27. The molecule has 1 N–H and O–H groups in total. The summed E-state index contributed by atoms with van der Waals surface area (Å²) < 4.78 is 1.06. The van der Waals surface area contributed by atoms with Crippen molar-refractivity contribution in [2.45, 2.75) is 6.92 Å². The summed E-state index contributed by atoms with van der Waals surface area (Å²) in [4.78, 5) is 0. The maximum Gasteiger partial charge on any atom is 0.0733 e. The molecule has 1 aromatic rings. The van der Waals surface area contributed by atoms with Crippen molar-refractivity contribution in [1.82, 2.24) is 0 Å². The van der Waals surface area contributed by atoms with Crippen molar-refractivity contribution in [3.05, 3.63) is 33.8 Å². The van der Waals surface area contributed by atoms with Gasteiger partial charge in [-0.15, -0.1) is 0 Å². The van der Waals surface area contributed by atoms with E-state index < -0.39 is 0 Å². The molecule has 0 saturated carbocycles. The van der Waals surface area contributed by atoms with Crippen LogP contribution in [0.25, 0.3) is 0 Å². The predicted octanol–water partition coefficient (Wildman–Crippen LogP) is 2.57. The minimum atomic E-state index is 0.896. The van der Waals surface area contributed by atoms with Gasteiger partial charge in [-0.1, -0.05) is 27.2 Å². The van der Waals surface area contributed by atoms with Gasteiger partial charge in [0.1, 0.15) is 0 Å². The van der Waals surface area contributed by atoms with Gasteiger partial charge in [0, 0.05) is 4.47 Å².